The molecular formula is C14H26N2. The standard InChI is InChI=1S/C14H26N2/c1-14(2)10-15-13(12-5-6-12)9-16(14)8-7-11-3-4-11/h11-13,15H,3-10H2,1-2H3. The zero-order chi connectivity index (χ0) is 11.2. The lowest BCUT2D eigenvalue weighted by Gasteiger charge is -2.46. The van der Waals surface area contributed by atoms with Crippen molar-refractivity contribution in [1.82, 2.24) is 10.2 Å². The monoisotopic (exact) mass is 222 g/mol. The van der Waals surface area contributed by atoms with Crippen LogP contribution in [0.15, 0.2) is 0 Å². The highest BCUT2D eigenvalue weighted by Crippen LogP contribution is 2.37. The topological polar surface area (TPSA) is 15.3 Å². The van der Waals surface area contributed by atoms with E-state index in [0.717, 1.165) is 17.9 Å². The third-order valence-corrected chi connectivity index (χ3v) is 4.77. The van der Waals surface area contributed by atoms with Crippen LogP contribution in [0.3, 0.4) is 0 Å². The van der Waals surface area contributed by atoms with Gasteiger partial charge in [0.15, 0.2) is 0 Å². The first-order chi connectivity index (χ1) is 7.65. The van der Waals surface area contributed by atoms with Gasteiger partial charge in [0.2, 0.25) is 0 Å². The number of nitrogens with zero attached hydrogens (tertiary/aromatic N) is 1. The molecule has 1 N–H and O–H groups in total. The Bertz CT molecular complexity index is 253. The van der Waals surface area contributed by atoms with Gasteiger partial charge in [-0.2, -0.15) is 0 Å². The van der Waals surface area contributed by atoms with Crippen molar-refractivity contribution in [2.45, 2.75) is 57.5 Å². The van der Waals surface area contributed by atoms with Crippen molar-refractivity contribution in [2.24, 2.45) is 11.8 Å². The average Bonchev–Trinajstić information content (AvgIpc) is 3.09. The Hall–Kier alpha value is -0.0800. The van der Waals surface area contributed by atoms with Crippen molar-refractivity contribution in [3.05, 3.63) is 0 Å². The van der Waals surface area contributed by atoms with Crippen LogP contribution in [0.5, 0.6) is 0 Å². The molecule has 0 spiro atoms. The molecule has 2 nitrogen and oxygen atoms in total. The molecule has 0 amide bonds. The Kier molecular flexibility index (Phi) is 2.75. The first-order valence-electron chi connectivity index (χ1n) is 7.13. The maximum Gasteiger partial charge on any atom is 0.0278 e. The first-order valence-corrected chi connectivity index (χ1v) is 7.13. The Morgan fingerprint density at radius 3 is 2.56 bits per heavy atom. The van der Waals surface area contributed by atoms with Crippen molar-refractivity contribution in [1.29, 1.82) is 0 Å². The molecule has 2 heteroatoms. The zero-order valence-electron chi connectivity index (χ0n) is 10.8. The fourth-order valence-electron chi connectivity index (χ4n) is 2.99. The molecule has 0 aromatic rings. The maximum absolute atomic E-state index is 3.76. The number of hydrogen-bond donors (Lipinski definition) is 1. The van der Waals surface area contributed by atoms with Gasteiger partial charge in [-0.05, 0) is 51.5 Å². The van der Waals surface area contributed by atoms with Crippen LogP contribution in [0, 0.1) is 11.8 Å². The third kappa shape index (κ3) is 2.43. The van der Waals surface area contributed by atoms with E-state index in [-0.39, 0.29) is 0 Å². The van der Waals surface area contributed by atoms with E-state index in [9.17, 15) is 0 Å². The van der Waals surface area contributed by atoms with E-state index < -0.39 is 0 Å². The molecular weight excluding hydrogens is 196 g/mol. The van der Waals surface area contributed by atoms with Gasteiger partial charge in [-0.3, -0.25) is 4.90 Å². The lowest BCUT2D eigenvalue weighted by molar-refractivity contribution is 0.0583. The van der Waals surface area contributed by atoms with Crippen molar-refractivity contribution in [3.63, 3.8) is 0 Å². The van der Waals surface area contributed by atoms with Gasteiger partial charge in [0.25, 0.3) is 0 Å². The molecule has 0 bridgehead atoms. The largest absolute Gasteiger partial charge is 0.311 e. The van der Waals surface area contributed by atoms with E-state index in [1.165, 1.54) is 51.7 Å². The minimum Gasteiger partial charge on any atom is -0.311 e. The molecule has 1 saturated heterocycles. The van der Waals surface area contributed by atoms with Crippen molar-refractivity contribution in [3.8, 4) is 0 Å². The second-order valence-electron chi connectivity index (χ2n) is 6.82. The molecule has 0 aromatic heterocycles. The van der Waals surface area contributed by atoms with Gasteiger partial charge in [0.05, 0.1) is 0 Å². The van der Waals surface area contributed by atoms with Gasteiger partial charge in [-0.15, -0.1) is 0 Å². The van der Waals surface area contributed by atoms with Gasteiger partial charge in [0, 0.05) is 24.7 Å². The van der Waals surface area contributed by atoms with Crippen LogP contribution in [0.4, 0.5) is 0 Å². The molecule has 0 radical (unpaired) electrons. The van der Waals surface area contributed by atoms with Gasteiger partial charge >= 0.3 is 0 Å². The number of hydrogen-bond acceptors (Lipinski definition) is 2. The van der Waals surface area contributed by atoms with Crippen LogP contribution < -0.4 is 5.32 Å². The van der Waals surface area contributed by atoms with Gasteiger partial charge in [-0.25, -0.2) is 0 Å². The minimum absolute atomic E-state index is 0.375. The molecule has 3 rings (SSSR count). The van der Waals surface area contributed by atoms with E-state index in [4.69, 9.17) is 0 Å². The highest BCUT2D eigenvalue weighted by Gasteiger charge is 2.40. The van der Waals surface area contributed by atoms with E-state index in [1.54, 1.807) is 0 Å². The SMILES string of the molecule is CC1(C)CNC(C2CC2)CN1CCC1CC1. The van der Waals surface area contributed by atoms with Gasteiger partial charge in [0.1, 0.15) is 0 Å². The van der Waals surface area contributed by atoms with Crippen molar-refractivity contribution >= 4 is 0 Å². The average molecular weight is 222 g/mol. The van der Waals surface area contributed by atoms with Crippen LogP contribution in [0.25, 0.3) is 0 Å². The maximum atomic E-state index is 3.76. The van der Waals surface area contributed by atoms with Crippen LogP contribution >= 0.6 is 0 Å². The Morgan fingerprint density at radius 1 is 1.19 bits per heavy atom. The summed E-state index contributed by atoms with van der Waals surface area (Å²) in [4.78, 5) is 2.75. The Labute approximate surface area is 99.8 Å². The van der Waals surface area contributed by atoms with E-state index >= 15 is 0 Å². The molecule has 1 heterocycles. The molecule has 3 aliphatic rings. The lowest BCUT2D eigenvalue weighted by atomic mass is 9.95. The van der Waals surface area contributed by atoms with Crippen LogP contribution in [0.1, 0.15) is 46.0 Å². The lowest BCUT2D eigenvalue weighted by Crippen LogP contribution is -2.62. The third-order valence-electron chi connectivity index (χ3n) is 4.77. The highest BCUT2D eigenvalue weighted by atomic mass is 15.3. The summed E-state index contributed by atoms with van der Waals surface area (Å²) in [6.07, 6.45) is 7.38. The highest BCUT2D eigenvalue weighted by molar-refractivity contribution is 4.98. The second kappa shape index (κ2) is 3.99. The molecule has 2 saturated carbocycles. The molecule has 0 aromatic carbocycles. The molecule has 1 aliphatic heterocycles. The molecule has 3 fully saturated rings. The fraction of sp³-hybridized carbons (Fsp3) is 1.00. The van der Waals surface area contributed by atoms with Gasteiger partial charge < -0.3 is 5.32 Å². The molecule has 1 unspecified atom stereocenters. The summed E-state index contributed by atoms with van der Waals surface area (Å²) in [6.45, 7) is 8.61. The van der Waals surface area contributed by atoms with E-state index in [1.807, 2.05) is 0 Å². The summed E-state index contributed by atoms with van der Waals surface area (Å²) in [6, 6.07) is 0.798. The number of piperazine rings is 1. The summed E-state index contributed by atoms with van der Waals surface area (Å²) in [5, 5.41) is 3.76. The predicted octanol–water partition coefficient (Wildman–Crippen LogP) is 2.25. The van der Waals surface area contributed by atoms with Crippen LogP contribution in [-0.2, 0) is 0 Å². The summed E-state index contributed by atoms with van der Waals surface area (Å²) in [5.41, 5.74) is 0.375. The zero-order valence-corrected chi connectivity index (χ0v) is 10.8. The number of nitrogens with one attached hydrogen (secondary N) is 1. The quantitative estimate of drug-likeness (QED) is 0.785. The smallest absolute Gasteiger partial charge is 0.0278 e. The summed E-state index contributed by atoms with van der Waals surface area (Å²) in [7, 11) is 0. The summed E-state index contributed by atoms with van der Waals surface area (Å²) in [5.74, 6) is 2.07. The van der Waals surface area contributed by atoms with E-state index in [0.29, 0.717) is 5.54 Å². The molecule has 1 atom stereocenters. The van der Waals surface area contributed by atoms with Gasteiger partial charge in [-0.1, -0.05) is 12.8 Å². The molecule has 2 aliphatic carbocycles. The fourth-order valence-corrected chi connectivity index (χ4v) is 2.99. The van der Waals surface area contributed by atoms with E-state index in [2.05, 4.69) is 24.1 Å². The Balaban J connectivity index is 1.56. The summed E-state index contributed by atoms with van der Waals surface area (Å²) < 4.78 is 0. The van der Waals surface area contributed by atoms with Crippen molar-refractivity contribution in [2.75, 3.05) is 19.6 Å². The predicted molar refractivity (Wildman–Crippen MR) is 67.5 cm³/mol. The summed E-state index contributed by atoms with van der Waals surface area (Å²) >= 11 is 0. The van der Waals surface area contributed by atoms with Crippen LogP contribution in [-0.4, -0.2) is 36.1 Å². The second-order valence-corrected chi connectivity index (χ2v) is 6.82. The minimum atomic E-state index is 0.375. The Morgan fingerprint density at radius 2 is 1.94 bits per heavy atom. The molecule has 92 valence electrons. The molecule has 16 heavy (non-hydrogen) atoms. The van der Waals surface area contributed by atoms with Crippen LogP contribution in [0.2, 0.25) is 0 Å². The normalized spacial score (nSPS) is 35.2. The van der Waals surface area contributed by atoms with Crippen molar-refractivity contribution < 1.29 is 0 Å². The first kappa shape index (κ1) is 11.0. The number of rotatable bonds is 4.